The molecule has 0 atom stereocenters. The molecule has 0 radical (unpaired) electrons. The fourth-order valence-electron chi connectivity index (χ4n) is 1.83. The monoisotopic (exact) mass is 341 g/mol. The van der Waals surface area contributed by atoms with Crippen LogP contribution in [0.3, 0.4) is 0 Å². The minimum Gasteiger partial charge on any atom is -0.508 e. The summed E-state index contributed by atoms with van der Waals surface area (Å²) in [4.78, 5) is -0.442. The van der Waals surface area contributed by atoms with E-state index in [0.29, 0.717) is 5.56 Å². The van der Waals surface area contributed by atoms with E-state index in [9.17, 15) is 21.9 Å². The molecule has 0 bridgehead atoms. The molecule has 6 nitrogen and oxygen atoms in total. The summed E-state index contributed by atoms with van der Waals surface area (Å²) in [6, 6.07) is 9.50. The van der Waals surface area contributed by atoms with E-state index in [1.165, 1.54) is 31.2 Å². The first-order chi connectivity index (χ1) is 10.1. The summed E-state index contributed by atoms with van der Waals surface area (Å²) >= 11 is 0. The molecule has 8 heteroatoms. The largest absolute Gasteiger partial charge is 0.508 e. The average molecular weight is 341 g/mol. The van der Waals surface area contributed by atoms with Crippen molar-refractivity contribution in [3.8, 4) is 5.75 Å². The third kappa shape index (κ3) is 3.46. The van der Waals surface area contributed by atoms with E-state index in [1.807, 2.05) is 0 Å². The van der Waals surface area contributed by atoms with E-state index in [2.05, 4.69) is 0 Å². The second kappa shape index (κ2) is 5.71. The highest BCUT2D eigenvalue weighted by atomic mass is 32.3. The number of aromatic hydroxyl groups is 1. The quantitative estimate of drug-likeness (QED) is 0.881. The van der Waals surface area contributed by atoms with E-state index >= 15 is 0 Å². The highest BCUT2D eigenvalue weighted by molar-refractivity contribution is 8.04. The van der Waals surface area contributed by atoms with Gasteiger partial charge in [-0.05, 0) is 37.6 Å². The van der Waals surface area contributed by atoms with Crippen LogP contribution in [0.15, 0.2) is 52.3 Å². The number of hydrogen-bond acceptors (Lipinski definition) is 5. The van der Waals surface area contributed by atoms with Crippen molar-refractivity contribution in [2.24, 2.45) is 0 Å². The second-order valence-corrected chi connectivity index (χ2v) is 8.44. The summed E-state index contributed by atoms with van der Waals surface area (Å²) in [5, 5.41) is 9.41. The number of sulfonamides is 2. The zero-order chi connectivity index (χ0) is 16.5. The third-order valence-electron chi connectivity index (χ3n) is 3.01. The summed E-state index contributed by atoms with van der Waals surface area (Å²) < 4.78 is 50.6. The van der Waals surface area contributed by atoms with Crippen molar-refractivity contribution < 1.29 is 21.9 Å². The van der Waals surface area contributed by atoms with Gasteiger partial charge in [0.25, 0.3) is 20.0 Å². The minimum atomic E-state index is -4.33. The molecule has 22 heavy (non-hydrogen) atoms. The zero-order valence-electron chi connectivity index (χ0n) is 11.9. The zero-order valence-corrected chi connectivity index (χ0v) is 13.6. The van der Waals surface area contributed by atoms with Crippen molar-refractivity contribution in [3.63, 3.8) is 0 Å². The van der Waals surface area contributed by atoms with Crippen LogP contribution in [0.2, 0.25) is 0 Å². The summed E-state index contributed by atoms with van der Waals surface area (Å²) in [6.45, 7) is 3.29. The SMILES string of the molecule is Cc1ccc(S(=O)(=O)NS(=O)(=O)c2cc(O)ccc2C)cc1. The van der Waals surface area contributed by atoms with Crippen LogP contribution in [0.25, 0.3) is 0 Å². The van der Waals surface area contributed by atoms with Crippen LogP contribution in [0.5, 0.6) is 5.75 Å². The van der Waals surface area contributed by atoms with Gasteiger partial charge in [0.1, 0.15) is 5.75 Å². The van der Waals surface area contributed by atoms with Crippen molar-refractivity contribution in [1.29, 1.82) is 0 Å². The molecule has 0 spiro atoms. The van der Waals surface area contributed by atoms with Crippen molar-refractivity contribution >= 4 is 20.0 Å². The number of phenolic OH excluding ortho intramolecular Hbond substituents is 1. The number of benzene rings is 2. The molecule has 0 aromatic heterocycles. The molecule has 0 amide bonds. The van der Waals surface area contributed by atoms with Crippen LogP contribution in [-0.4, -0.2) is 21.9 Å². The normalized spacial score (nSPS) is 12.3. The molecule has 0 saturated carbocycles. The Labute approximate surface area is 129 Å². The van der Waals surface area contributed by atoms with Gasteiger partial charge < -0.3 is 5.11 Å². The van der Waals surface area contributed by atoms with Gasteiger partial charge in [-0.1, -0.05) is 23.8 Å². The number of nitrogens with one attached hydrogen (secondary N) is 1. The summed E-state index contributed by atoms with van der Waals surface area (Å²) in [7, 11) is -8.56. The molecule has 0 unspecified atom stereocenters. The molecule has 0 aliphatic rings. The maximum Gasteiger partial charge on any atom is 0.254 e. The number of aryl methyl sites for hydroxylation is 2. The van der Waals surface area contributed by atoms with Gasteiger partial charge in [-0.25, -0.2) is 16.8 Å². The van der Waals surface area contributed by atoms with Gasteiger partial charge in [-0.3, -0.25) is 0 Å². The lowest BCUT2D eigenvalue weighted by molar-refractivity contribution is 0.472. The van der Waals surface area contributed by atoms with Gasteiger partial charge in [-0.15, -0.1) is 4.13 Å². The van der Waals surface area contributed by atoms with Crippen molar-refractivity contribution in [2.75, 3.05) is 0 Å². The van der Waals surface area contributed by atoms with Crippen LogP contribution >= 0.6 is 0 Å². The molecule has 0 saturated heterocycles. The lowest BCUT2D eigenvalue weighted by Crippen LogP contribution is -2.31. The maximum atomic E-state index is 12.3. The van der Waals surface area contributed by atoms with Crippen LogP contribution in [-0.2, 0) is 20.0 Å². The van der Waals surface area contributed by atoms with Crippen molar-refractivity contribution in [2.45, 2.75) is 23.6 Å². The summed E-state index contributed by atoms with van der Waals surface area (Å²) in [5.74, 6) is -0.265. The Morgan fingerprint density at radius 3 is 2.05 bits per heavy atom. The molecular formula is C14H15NO5S2. The van der Waals surface area contributed by atoms with Gasteiger partial charge >= 0.3 is 0 Å². The molecule has 0 fully saturated rings. The Morgan fingerprint density at radius 1 is 0.864 bits per heavy atom. The molecule has 2 aromatic rings. The van der Waals surface area contributed by atoms with E-state index in [0.717, 1.165) is 11.6 Å². The molecule has 2 N–H and O–H groups in total. The summed E-state index contributed by atoms with van der Waals surface area (Å²) in [5.41, 5.74) is 1.18. The van der Waals surface area contributed by atoms with Crippen molar-refractivity contribution in [3.05, 3.63) is 53.6 Å². The maximum absolute atomic E-state index is 12.3. The van der Waals surface area contributed by atoms with Crippen LogP contribution in [0.4, 0.5) is 0 Å². The molecular weight excluding hydrogens is 326 g/mol. The Bertz CT molecular complexity index is 901. The Hall–Kier alpha value is -1.90. The van der Waals surface area contributed by atoms with Crippen LogP contribution in [0, 0.1) is 13.8 Å². The highest BCUT2D eigenvalue weighted by Gasteiger charge is 2.26. The average Bonchev–Trinajstić information content (AvgIpc) is 2.40. The van der Waals surface area contributed by atoms with Crippen molar-refractivity contribution in [1.82, 2.24) is 4.13 Å². The predicted molar refractivity (Wildman–Crippen MR) is 81.5 cm³/mol. The first-order valence-electron chi connectivity index (χ1n) is 6.27. The Kier molecular flexibility index (Phi) is 4.28. The third-order valence-corrected chi connectivity index (χ3v) is 6.68. The number of phenols is 1. The number of hydrogen-bond donors (Lipinski definition) is 2. The van der Waals surface area contributed by atoms with E-state index in [-0.39, 0.29) is 15.5 Å². The molecule has 0 aliphatic carbocycles. The smallest absolute Gasteiger partial charge is 0.254 e. The lowest BCUT2D eigenvalue weighted by atomic mass is 10.2. The second-order valence-electron chi connectivity index (χ2n) is 4.85. The number of rotatable bonds is 4. The predicted octanol–water partition coefficient (Wildman–Crippen LogP) is 1.68. The van der Waals surface area contributed by atoms with Gasteiger partial charge in [0.15, 0.2) is 0 Å². The molecule has 0 heterocycles. The molecule has 2 rings (SSSR count). The topological polar surface area (TPSA) is 101 Å². The standard InChI is InChI=1S/C14H15NO5S2/c1-10-3-7-13(8-4-10)21(17,18)15-22(19,20)14-9-12(16)6-5-11(14)2/h3-9,15-16H,1-2H3. The fraction of sp³-hybridized carbons (Fsp3) is 0.143. The molecule has 118 valence electrons. The molecule has 2 aromatic carbocycles. The Balaban J connectivity index is 2.43. The van der Waals surface area contributed by atoms with Crippen LogP contribution < -0.4 is 4.13 Å². The van der Waals surface area contributed by atoms with Gasteiger partial charge in [-0.2, -0.15) is 0 Å². The minimum absolute atomic E-state index is 0.153. The van der Waals surface area contributed by atoms with Gasteiger partial charge in [0.05, 0.1) is 9.79 Å². The van der Waals surface area contributed by atoms with E-state index in [4.69, 9.17) is 0 Å². The highest BCUT2D eigenvalue weighted by Crippen LogP contribution is 2.22. The molecule has 0 aliphatic heterocycles. The van der Waals surface area contributed by atoms with E-state index in [1.54, 1.807) is 23.2 Å². The first-order valence-corrected chi connectivity index (χ1v) is 9.23. The Morgan fingerprint density at radius 2 is 1.45 bits per heavy atom. The fourth-order valence-corrected chi connectivity index (χ4v) is 4.99. The van der Waals surface area contributed by atoms with Crippen LogP contribution in [0.1, 0.15) is 11.1 Å². The van der Waals surface area contributed by atoms with Gasteiger partial charge in [0, 0.05) is 6.07 Å². The summed E-state index contributed by atoms with van der Waals surface area (Å²) in [6.07, 6.45) is 0. The first kappa shape index (κ1) is 16.5. The van der Waals surface area contributed by atoms with E-state index < -0.39 is 20.0 Å². The lowest BCUT2D eigenvalue weighted by Gasteiger charge is -2.10. The van der Waals surface area contributed by atoms with Gasteiger partial charge in [0.2, 0.25) is 0 Å².